The van der Waals surface area contributed by atoms with Crippen molar-refractivity contribution in [1.82, 2.24) is 14.8 Å². The van der Waals surface area contributed by atoms with Gasteiger partial charge in [-0.3, -0.25) is 9.48 Å². The number of fused-ring (bicyclic) bond motifs is 1. The molecule has 1 aromatic carbocycles. The number of nitrogens with zero attached hydrogens (tertiary/aromatic N) is 3. The normalized spacial score (nSPS) is 19.4. The third kappa shape index (κ3) is 4.94. The molecule has 0 saturated heterocycles. The molecular formula is C25H29F3N4O2. The quantitative estimate of drug-likeness (QED) is 0.470. The second-order valence-corrected chi connectivity index (χ2v) is 9.55. The molecule has 3 aromatic rings. The Labute approximate surface area is 196 Å². The highest BCUT2D eigenvalue weighted by Gasteiger charge is 2.33. The van der Waals surface area contributed by atoms with Crippen LogP contribution in [0.5, 0.6) is 0 Å². The molecule has 2 heterocycles. The first kappa shape index (κ1) is 24.2. The summed E-state index contributed by atoms with van der Waals surface area (Å²) in [7, 11) is 0. The molecule has 1 amide bonds. The molecule has 182 valence electrons. The molecule has 2 N–H and O–H groups in total. The van der Waals surface area contributed by atoms with E-state index in [-0.39, 0.29) is 11.7 Å². The van der Waals surface area contributed by atoms with Gasteiger partial charge in [0.25, 0.3) is 5.91 Å². The van der Waals surface area contributed by atoms with Gasteiger partial charge in [0.1, 0.15) is 11.4 Å². The van der Waals surface area contributed by atoms with Crippen LogP contribution in [0.25, 0.3) is 10.9 Å². The average Bonchev–Trinajstić information content (AvgIpc) is 3.20. The first-order valence-electron chi connectivity index (χ1n) is 11.6. The third-order valence-electron chi connectivity index (χ3n) is 6.65. The van der Waals surface area contributed by atoms with Crippen LogP contribution in [0, 0.1) is 5.92 Å². The van der Waals surface area contributed by atoms with Crippen molar-refractivity contribution in [3.63, 3.8) is 0 Å². The molecule has 6 nitrogen and oxygen atoms in total. The zero-order chi connectivity index (χ0) is 24.7. The summed E-state index contributed by atoms with van der Waals surface area (Å²) >= 11 is 0. The number of carbonyl (C=O) groups is 1. The summed E-state index contributed by atoms with van der Waals surface area (Å²) in [5.74, 6) is -0.0440. The largest absolute Gasteiger partial charge is 0.433 e. The van der Waals surface area contributed by atoms with Crippen LogP contribution >= 0.6 is 0 Å². The second-order valence-electron chi connectivity index (χ2n) is 9.55. The van der Waals surface area contributed by atoms with Gasteiger partial charge in [-0.1, -0.05) is 19.4 Å². The van der Waals surface area contributed by atoms with Crippen LogP contribution < -0.4 is 5.32 Å². The molecule has 0 unspecified atom stereocenters. The van der Waals surface area contributed by atoms with Crippen molar-refractivity contribution >= 4 is 22.5 Å². The zero-order valence-electron chi connectivity index (χ0n) is 19.5. The summed E-state index contributed by atoms with van der Waals surface area (Å²) in [6.07, 6.45) is 2.61. The maximum absolute atomic E-state index is 13.0. The minimum absolute atomic E-state index is 0.268. The molecule has 0 radical (unpaired) electrons. The van der Waals surface area contributed by atoms with Gasteiger partial charge in [-0.2, -0.15) is 18.3 Å². The smallest absolute Gasteiger partial charge is 0.386 e. The monoisotopic (exact) mass is 474 g/mol. The summed E-state index contributed by atoms with van der Waals surface area (Å²) in [5, 5.41) is 18.8. The van der Waals surface area contributed by atoms with E-state index in [1.165, 1.54) is 12.5 Å². The van der Waals surface area contributed by atoms with Gasteiger partial charge in [-0.15, -0.1) is 0 Å². The molecule has 34 heavy (non-hydrogen) atoms. The SMILES string of the molecule is CC[C@H]1CC[C@H](n2ncc3cc(NC(=O)c4cccc(C(F)(F)F)n4)c(C(C)(C)O)cc32)CC1. The van der Waals surface area contributed by atoms with E-state index < -0.39 is 23.4 Å². The fraction of sp³-hybridized carbons (Fsp3) is 0.480. The number of carbonyl (C=O) groups excluding carboxylic acids is 1. The van der Waals surface area contributed by atoms with Crippen LogP contribution in [0.3, 0.4) is 0 Å². The molecule has 1 aliphatic rings. The van der Waals surface area contributed by atoms with Gasteiger partial charge in [0.15, 0.2) is 0 Å². The molecule has 9 heteroatoms. The predicted octanol–water partition coefficient (Wildman–Crippen LogP) is 6.07. The lowest BCUT2D eigenvalue weighted by Gasteiger charge is -2.29. The minimum atomic E-state index is -4.65. The fourth-order valence-corrected chi connectivity index (χ4v) is 4.70. The van der Waals surface area contributed by atoms with Crippen LogP contribution in [0.4, 0.5) is 18.9 Å². The van der Waals surface area contributed by atoms with E-state index in [4.69, 9.17) is 0 Å². The Kier molecular flexibility index (Phi) is 6.42. The Morgan fingerprint density at radius 3 is 2.50 bits per heavy atom. The molecule has 4 rings (SSSR count). The van der Waals surface area contributed by atoms with Crippen molar-refractivity contribution in [2.45, 2.75) is 70.7 Å². The van der Waals surface area contributed by atoms with Gasteiger partial charge in [-0.05, 0) is 69.7 Å². The van der Waals surface area contributed by atoms with Gasteiger partial charge in [0.05, 0.1) is 23.4 Å². The van der Waals surface area contributed by atoms with E-state index in [0.29, 0.717) is 11.3 Å². The number of benzene rings is 1. The van der Waals surface area contributed by atoms with Gasteiger partial charge < -0.3 is 10.4 Å². The lowest BCUT2D eigenvalue weighted by Crippen LogP contribution is -2.23. The van der Waals surface area contributed by atoms with Gasteiger partial charge in [-0.25, -0.2) is 4.98 Å². The van der Waals surface area contributed by atoms with Crippen molar-refractivity contribution in [2.24, 2.45) is 5.92 Å². The molecule has 0 aliphatic heterocycles. The summed E-state index contributed by atoms with van der Waals surface area (Å²) < 4.78 is 41.0. The number of pyridine rings is 1. The van der Waals surface area contributed by atoms with Crippen LogP contribution in [0.15, 0.2) is 36.5 Å². The highest BCUT2D eigenvalue weighted by atomic mass is 19.4. The number of hydrogen-bond donors (Lipinski definition) is 2. The maximum Gasteiger partial charge on any atom is 0.433 e. The minimum Gasteiger partial charge on any atom is -0.386 e. The van der Waals surface area contributed by atoms with E-state index in [2.05, 4.69) is 22.3 Å². The van der Waals surface area contributed by atoms with E-state index in [1.54, 1.807) is 26.1 Å². The van der Waals surface area contributed by atoms with Crippen molar-refractivity contribution in [3.8, 4) is 0 Å². The first-order chi connectivity index (χ1) is 16.0. The molecule has 0 bridgehead atoms. The number of halogens is 3. The van der Waals surface area contributed by atoms with Crippen LogP contribution in [-0.2, 0) is 11.8 Å². The third-order valence-corrected chi connectivity index (χ3v) is 6.65. The summed E-state index contributed by atoms with van der Waals surface area (Å²) in [5.41, 5.74) is -1.21. The number of aliphatic hydroxyl groups is 1. The Morgan fingerprint density at radius 2 is 1.88 bits per heavy atom. The molecule has 2 aromatic heterocycles. The Hall–Kier alpha value is -2.94. The van der Waals surface area contributed by atoms with Crippen LogP contribution in [0.1, 0.15) is 80.7 Å². The fourth-order valence-electron chi connectivity index (χ4n) is 4.70. The summed E-state index contributed by atoms with van der Waals surface area (Å²) in [6, 6.07) is 6.95. The zero-order valence-corrected chi connectivity index (χ0v) is 19.5. The Balaban J connectivity index is 1.67. The van der Waals surface area contributed by atoms with Crippen molar-refractivity contribution in [3.05, 3.63) is 53.5 Å². The van der Waals surface area contributed by atoms with Crippen molar-refractivity contribution < 1.29 is 23.1 Å². The summed E-state index contributed by atoms with van der Waals surface area (Å²) in [6.45, 7) is 5.41. The highest BCUT2D eigenvalue weighted by molar-refractivity contribution is 6.04. The van der Waals surface area contributed by atoms with Gasteiger partial charge in [0.2, 0.25) is 0 Å². The molecule has 0 atom stereocenters. The molecule has 1 saturated carbocycles. The number of nitrogens with one attached hydrogen (secondary N) is 1. The first-order valence-corrected chi connectivity index (χ1v) is 11.6. The van der Waals surface area contributed by atoms with Gasteiger partial charge in [0, 0.05) is 16.6 Å². The number of hydrogen-bond acceptors (Lipinski definition) is 4. The van der Waals surface area contributed by atoms with E-state index in [1.807, 2.05) is 10.7 Å². The lowest BCUT2D eigenvalue weighted by atomic mass is 9.84. The lowest BCUT2D eigenvalue weighted by molar-refractivity contribution is -0.141. The summed E-state index contributed by atoms with van der Waals surface area (Å²) in [4.78, 5) is 16.2. The van der Waals surface area contributed by atoms with Crippen molar-refractivity contribution in [1.29, 1.82) is 0 Å². The predicted molar refractivity (Wildman–Crippen MR) is 123 cm³/mol. The van der Waals surface area contributed by atoms with Crippen LogP contribution in [0.2, 0.25) is 0 Å². The molecule has 0 spiro atoms. The van der Waals surface area contributed by atoms with Crippen molar-refractivity contribution in [2.75, 3.05) is 5.32 Å². The Bertz CT molecular complexity index is 1190. The standard InChI is InChI=1S/C25H29F3N4O2/c1-4-15-8-10-17(11-9-15)32-21-13-18(24(2,3)34)20(12-16(21)14-29-32)31-23(33)19-6-5-7-22(30-19)25(26,27)28/h5-7,12-15,17,34H,4,8-11H2,1-3H3,(H,31,33)/t15-,17-. The highest BCUT2D eigenvalue weighted by Crippen LogP contribution is 2.38. The number of rotatable bonds is 5. The molecule has 1 fully saturated rings. The van der Waals surface area contributed by atoms with E-state index in [0.717, 1.165) is 54.6 Å². The molecular weight excluding hydrogens is 445 g/mol. The number of amides is 1. The second kappa shape index (κ2) is 9.02. The number of anilines is 1. The average molecular weight is 475 g/mol. The molecule has 1 aliphatic carbocycles. The Morgan fingerprint density at radius 1 is 1.18 bits per heavy atom. The van der Waals surface area contributed by atoms with E-state index in [9.17, 15) is 23.1 Å². The van der Waals surface area contributed by atoms with E-state index >= 15 is 0 Å². The number of alkyl halides is 3. The number of aromatic nitrogens is 3. The maximum atomic E-state index is 13.0. The topological polar surface area (TPSA) is 80.0 Å². The van der Waals surface area contributed by atoms with Crippen LogP contribution in [-0.4, -0.2) is 25.8 Å². The van der Waals surface area contributed by atoms with Gasteiger partial charge >= 0.3 is 6.18 Å².